The zero-order valence-corrected chi connectivity index (χ0v) is 10.9. The van der Waals surface area contributed by atoms with Gasteiger partial charge in [0.05, 0.1) is 5.56 Å². The molecular weight excluding hydrogens is 268 g/mol. The molecule has 16 heavy (non-hydrogen) atoms. The van der Waals surface area contributed by atoms with E-state index in [9.17, 15) is 4.79 Å². The standard InChI is InChI=1S/C12H15BrN2O/c1-9-4-5-10(8-14-9)12(16)15-6-2-3-11(15)7-13/h4-5,8,11H,2-3,6-7H2,1H3. The third kappa shape index (κ3) is 2.26. The van der Waals surface area contributed by atoms with E-state index in [1.54, 1.807) is 6.20 Å². The highest BCUT2D eigenvalue weighted by Gasteiger charge is 2.28. The van der Waals surface area contributed by atoms with Gasteiger partial charge < -0.3 is 4.90 Å². The van der Waals surface area contributed by atoms with Gasteiger partial charge in [-0.15, -0.1) is 0 Å². The first-order chi connectivity index (χ1) is 7.72. The lowest BCUT2D eigenvalue weighted by Crippen LogP contribution is -2.36. The molecular formula is C12H15BrN2O. The van der Waals surface area contributed by atoms with Crippen LogP contribution in [0.1, 0.15) is 28.9 Å². The molecule has 0 bridgehead atoms. The summed E-state index contributed by atoms with van der Waals surface area (Å²) in [4.78, 5) is 18.3. The number of aromatic nitrogens is 1. The molecule has 2 heterocycles. The molecule has 1 atom stereocenters. The lowest BCUT2D eigenvalue weighted by Gasteiger charge is -2.22. The molecule has 0 saturated carbocycles. The molecule has 1 aromatic heterocycles. The van der Waals surface area contributed by atoms with E-state index in [2.05, 4.69) is 20.9 Å². The van der Waals surface area contributed by atoms with Crippen LogP contribution in [-0.2, 0) is 0 Å². The van der Waals surface area contributed by atoms with Crippen molar-refractivity contribution in [2.45, 2.75) is 25.8 Å². The highest BCUT2D eigenvalue weighted by atomic mass is 79.9. The van der Waals surface area contributed by atoms with Crippen LogP contribution < -0.4 is 0 Å². The monoisotopic (exact) mass is 282 g/mol. The van der Waals surface area contributed by atoms with Crippen molar-refractivity contribution in [3.05, 3.63) is 29.6 Å². The molecule has 1 amide bonds. The van der Waals surface area contributed by atoms with E-state index in [4.69, 9.17) is 0 Å². The molecule has 0 aliphatic carbocycles. The van der Waals surface area contributed by atoms with Crippen molar-refractivity contribution in [1.82, 2.24) is 9.88 Å². The van der Waals surface area contributed by atoms with Crippen LogP contribution in [0.3, 0.4) is 0 Å². The molecule has 2 rings (SSSR count). The van der Waals surface area contributed by atoms with Crippen LogP contribution in [0, 0.1) is 6.92 Å². The number of rotatable bonds is 2. The third-order valence-corrected chi connectivity index (χ3v) is 3.72. The fraction of sp³-hybridized carbons (Fsp3) is 0.500. The Balaban J connectivity index is 2.15. The molecule has 1 aromatic rings. The van der Waals surface area contributed by atoms with Gasteiger partial charge in [-0.2, -0.15) is 0 Å². The van der Waals surface area contributed by atoms with Crippen molar-refractivity contribution in [1.29, 1.82) is 0 Å². The predicted molar refractivity (Wildman–Crippen MR) is 66.8 cm³/mol. The Kier molecular flexibility index (Phi) is 3.59. The second-order valence-electron chi connectivity index (χ2n) is 4.14. The summed E-state index contributed by atoms with van der Waals surface area (Å²) >= 11 is 3.46. The summed E-state index contributed by atoms with van der Waals surface area (Å²) < 4.78 is 0. The van der Waals surface area contributed by atoms with E-state index >= 15 is 0 Å². The van der Waals surface area contributed by atoms with E-state index in [1.165, 1.54) is 0 Å². The summed E-state index contributed by atoms with van der Waals surface area (Å²) in [5.41, 5.74) is 1.63. The van der Waals surface area contributed by atoms with Gasteiger partial charge in [0.25, 0.3) is 5.91 Å². The van der Waals surface area contributed by atoms with Crippen LogP contribution in [0.2, 0.25) is 0 Å². The van der Waals surface area contributed by atoms with Crippen molar-refractivity contribution < 1.29 is 4.79 Å². The lowest BCUT2D eigenvalue weighted by atomic mass is 10.2. The number of hydrogen-bond acceptors (Lipinski definition) is 2. The fourth-order valence-electron chi connectivity index (χ4n) is 2.02. The molecule has 0 N–H and O–H groups in total. The number of amides is 1. The number of alkyl halides is 1. The van der Waals surface area contributed by atoms with Gasteiger partial charge in [-0.3, -0.25) is 9.78 Å². The van der Waals surface area contributed by atoms with Crippen LogP contribution in [-0.4, -0.2) is 33.7 Å². The Bertz CT molecular complexity index is 377. The first-order valence-electron chi connectivity index (χ1n) is 5.52. The van der Waals surface area contributed by atoms with Crippen LogP contribution in [0.15, 0.2) is 18.3 Å². The molecule has 86 valence electrons. The zero-order valence-electron chi connectivity index (χ0n) is 9.32. The molecule has 0 radical (unpaired) electrons. The number of carbonyl (C=O) groups excluding carboxylic acids is 1. The maximum atomic E-state index is 12.2. The van der Waals surface area contributed by atoms with Crippen molar-refractivity contribution in [3.63, 3.8) is 0 Å². The summed E-state index contributed by atoms with van der Waals surface area (Å²) in [5.74, 6) is 0.106. The molecule has 1 aliphatic rings. The van der Waals surface area contributed by atoms with Crippen LogP contribution in [0.4, 0.5) is 0 Å². The second kappa shape index (κ2) is 4.95. The number of halogens is 1. The number of pyridine rings is 1. The topological polar surface area (TPSA) is 33.2 Å². The van der Waals surface area contributed by atoms with Gasteiger partial charge >= 0.3 is 0 Å². The lowest BCUT2D eigenvalue weighted by molar-refractivity contribution is 0.0750. The first-order valence-corrected chi connectivity index (χ1v) is 6.64. The summed E-state index contributed by atoms with van der Waals surface area (Å²) in [6.45, 7) is 2.79. The minimum absolute atomic E-state index is 0.106. The van der Waals surface area contributed by atoms with Crippen molar-refractivity contribution >= 4 is 21.8 Å². The first kappa shape index (κ1) is 11.6. The summed E-state index contributed by atoms with van der Waals surface area (Å²) in [7, 11) is 0. The molecule has 1 saturated heterocycles. The second-order valence-corrected chi connectivity index (χ2v) is 4.78. The largest absolute Gasteiger partial charge is 0.335 e. The van der Waals surface area contributed by atoms with E-state index < -0.39 is 0 Å². The van der Waals surface area contributed by atoms with Crippen LogP contribution >= 0.6 is 15.9 Å². The number of hydrogen-bond donors (Lipinski definition) is 0. The highest BCUT2D eigenvalue weighted by Crippen LogP contribution is 2.21. The van der Waals surface area contributed by atoms with Gasteiger partial charge in [0.2, 0.25) is 0 Å². The van der Waals surface area contributed by atoms with Crippen molar-refractivity contribution in [2.75, 3.05) is 11.9 Å². The average molecular weight is 283 g/mol. The fourth-order valence-corrected chi connectivity index (χ4v) is 2.70. The van der Waals surface area contributed by atoms with Crippen molar-refractivity contribution in [3.8, 4) is 0 Å². The number of aryl methyl sites for hydroxylation is 1. The average Bonchev–Trinajstić information content (AvgIpc) is 2.77. The molecule has 3 nitrogen and oxygen atoms in total. The quantitative estimate of drug-likeness (QED) is 0.781. The molecule has 0 aromatic carbocycles. The smallest absolute Gasteiger partial charge is 0.255 e. The minimum Gasteiger partial charge on any atom is -0.335 e. The normalized spacial score (nSPS) is 20.1. The molecule has 1 unspecified atom stereocenters. The molecule has 4 heteroatoms. The van der Waals surface area contributed by atoms with Crippen molar-refractivity contribution in [2.24, 2.45) is 0 Å². The van der Waals surface area contributed by atoms with Gasteiger partial charge in [0.15, 0.2) is 0 Å². The molecule has 1 fully saturated rings. The summed E-state index contributed by atoms with van der Waals surface area (Å²) in [6.07, 6.45) is 3.86. The summed E-state index contributed by atoms with van der Waals surface area (Å²) in [6, 6.07) is 4.08. The van der Waals surface area contributed by atoms with Gasteiger partial charge in [-0.25, -0.2) is 0 Å². The van der Waals surface area contributed by atoms with Gasteiger partial charge in [0.1, 0.15) is 0 Å². The van der Waals surface area contributed by atoms with Gasteiger partial charge in [0, 0.05) is 29.8 Å². The maximum Gasteiger partial charge on any atom is 0.255 e. The maximum absolute atomic E-state index is 12.2. The van der Waals surface area contributed by atoms with Crippen LogP contribution in [0.5, 0.6) is 0 Å². The summed E-state index contributed by atoms with van der Waals surface area (Å²) in [5, 5.41) is 0.859. The number of likely N-dealkylation sites (tertiary alicyclic amines) is 1. The highest BCUT2D eigenvalue weighted by molar-refractivity contribution is 9.09. The minimum atomic E-state index is 0.106. The van der Waals surface area contributed by atoms with Gasteiger partial charge in [-0.1, -0.05) is 15.9 Å². The zero-order chi connectivity index (χ0) is 11.5. The Hall–Kier alpha value is -0.900. The number of carbonyl (C=O) groups is 1. The number of nitrogens with zero attached hydrogens (tertiary/aromatic N) is 2. The van der Waals surface area contributed by atoms with E-state index in [-0.39, 0.29) is 5.91 Å². The van der Waals surface area contributed by atoms with Crippen LogP contribution in [0.25, 0.3) is 0 Å². The van der Waals surface area contributed by atoms with E-state index in [1.807, 2.05) is 24.0 Å². The van der Waals surface area contributed by atoms with E-state index in [0.29, 0.717) is 11.6 Å². The molecule has 1 aliphatic heterocycles. The Morgan fingerprint density at radius 1 is 1.62 bits per heavy atom. The Morgan fingerprint density at radius 2 is 2.44 bits per heavy atom. The molecule has 0 spiro atoms. The van der Waals surface area contributed by atoms with E-state index in [0.717, 1.165) is 30.4 Å². The SMILES string of the molecule is Cc1ccc(C(=O)N2CCCC2CBr)cn1. The predicted octanol–water partition coefficient (Wildman–Crippen LogP) is 2.39. The Labute approximate surface area is 104 Å². The van der Waals surface area contributed by atoms with Gasteiger partial charge in [-0.05, 0) is 31.9 Å². The Morgan fingerprint density at radius 3 is 3.06 bits per heavy atom. The third-order valence-electron chi connectivity index (χ3n) is 2.97.